The summed E-state index contributed by atoms with van der Waals surface area (Å²) in [6.07, 6.45) is 7.90. The summed E-state index contributed by atoms with van der Waals surface area (Å²) >= 11 is 0. The predicted molar refractivity (Wildman–Crippen MR) is 75.9 cm³/mol. The van der Waals surface area contributed by atoms with Crippen molar-refractivity contribution in [3.63, 3.8) is 0 Å². The summed E-state index contributed by atoms with van der Waals surface area (Å²) in [4.78, 5) is 13.9. The van der Waals surface area contributed by atoms with E-state index < -0.39 is 5.60 Å². The van der Waals surface area contributed by atoms with Crippen LogP contribution in [0.15, 0.2) is 0 Å². The van der Waals surface area contributed by atoms with Gasteiger partial charge in [0.05, 0.1) is 5.60 Å². The smallest absolute Gasteiger partial charge is 0.222 e. The Labute approximate surface area is 116 Å². The Morgan fingerprint density at radius 2 is 1.95 bits per heavy atom. The molecule has 2 fully saturated rings. The minimum atomic E-state index is -0.612. The lowest BCUT2D eigenvalue weighted by molar-refractivity contribution is -0.133. The van der Waals surface area contributed by atoms with Gasteiger partial charge in [-0.1, -0.05) is 12.8 Å². The Bertz CT molecular complexity index is 295. The van der Waals surface area contributed by atoms with Crippen LogP contribution in [0.5, 0.6) is 0 Å². The van der Waals surface area contributed by atoms with Gasteiger partial charge in [-0.05, 0) is 51.1 Å². The zero-order valence-electron chi connectivity index (χ0n) is 12.2. The summed E-state index contributed by atoms with van der Waals surface area (Å²) in [7, 11) is 1.83. The largest absolute Gasteiger partial charge is 0.388 e. The monoisotopic (exact) mass is 268 g/mol. The average molecular weight is 268 g/mol. The fourth-order valence-electron chi connectivity index (χ4n) is 3.41. The highest BCUT2D eigenvalue weighted by molar-refractivity contribution is 5.75. The standard InChI is InChI=1S/C15H28N2O2/c1-17(12-15(19)8-2-3-9-15)14(18)5-4-13-6-10-16-11-7-13/h13,16,19H,2-12H2,1H3. The second-order valence-electron chi connectivity index (χ2n) is 6.41. The second kappa shape index (κ2) is 6.71. The molecule has 1 aliphatic heterocycles. The molecule has 110 valence electrons. The van der Waals surface area contributed by atoms with Crippen LogP contribution in [0.4, 0.5) is 0 Å². The second-order valence-corrected chi connectivity index (χ2v) is 6.41. The van der Waals surface area contributed by atoms with Crippen molar-refractivity contribution in [2.75, 3.05) is 26.7 Å². The first-order chi connectivity index (χ1) is 9.09. The first kappa shape index (κ1) is 14.8. The van der Waals surface area contributed by atoms with Gasteiger partial charge in [0, 0.05) is 20.0 Å². The number of carbonyl (C=O) groups is 1. The van der Waals surface area contributed by atoms with Crippen LogP contribution in [0.25, 0.3) is 0 Å². The van der Waals surface area contributed by atoms with Crippen molar-refractivity contribution in [2.24, 2.45) is 5.92 Å². The number of aliphatic hydroxyl groups is 1. The Kier molecular flexibility index (Phi) is 5.22. The lowest BCUT2D eigenvalue weighted by Crippen LogP contribution is -2.42. The number of carbonyl (C=O) groups excluding carboxylic acids is 1. The van der Waals surface area contributed by atoms with Crippen molar-refractivity contribution in [1.82, 2.24) is 10.2 Å². The molecular formula is C15H28N2O2. The Hall–Kier alpha value is -0.610. The average Bonchev–Trinajstić information content (AvgIpc) is 2.83. The van der Waals surface area contributed by atoms with Crippen LogP contribution in [-0.4, -0.2) is 48.2 Å². The molecule has 0 spiro atoms. The van der Waals surface area contributed by atoms with Crippen LogP contribution >= 0.6 is 0 Å². The summed E-state index contributed by atoms with van der Waals surface area (Å²) in [5.41, 5.74) is -0.612. The third-order valence-electron chi connectivity index (χ3n) is 4.72. The van der Waals surface area contributed by atoms with E-state index in [0.29, 0.717) is 18.9 Å². The number of nitrogens with zero attached hydrogens (tertiary/aromatic N) is 1. The van der Waals surface area contributed by atoms with Crippen molar-refractivity contribution in [3.05, 3.63) is 0 Å². The molecule has 4 nitrogen and oxygen atoms in total. The molecule has 2 N–H and O–H groups in total. The van der Waals surface area contributed by atoms with Crippen LogP contribution in [0.1, 0.15) is 51.4 Å². The molecule has 2 rings (SSSR count). The predicted octanol–water partition coefficient (Wildman–Crippen LogP) is 1.53. The molecule has 0 aromatic rings. The summed E-state index contributed by atoms with van der Waals surface area (Å²) in [5, 5.41) is 13.7. The minimum absolute atomic E-state index is 0.193. The highest BCUT2D eigenvalue weighted by Gasteiger charge is 2.33. The van der Waals surface area contributed by atoms with Gasteiger partial charge in [-0.2, -0.15) is 0 Å². The van der Waals surface area contributed by atoms with Crippen LogP contribution in [-0.2, 0) is 4.79 Å². The molecule has 0 unspecified atom stereocenters. The molecule has 1 aliphatic carbocycles. The van der Waals surface area contributed by atoms with Crippen LogP contribution < -0.4 is 5.32 Å². The van der Waals surface area contributed by atoms with E-state index in [9.17, 15) is 9.90 Å². The Morgan fingerprint density at radius 3 is 2.58 bits per heavy atom. The zero-order valence-corrected chi connectivity index (χ0v) is 12.2. The maximum absolute atomic E-state index is 12.1. The molecule has 19 heavy (non-hydrogen) atoms. The molecule has 1 saturated heterocycles. The number of rotatable bonds is 5. The number of hydrogen-bond acceptors (Lipinski definition) is 3. The molecule has 0 aromatic carbocycles. The molecule has 2 aliphatic rings. The highest BCUT2D eigenvalue weighted by atomic mass is 16.3. The Morgan fingerprint density at radius 1 is 1.32 bits per heavy atom. The number of amides is 1. The van der Waals surface area contributed by atoms with Gasteiger partial charge in [-0.25, -0.2) is 0 Å². The maximum atomic E-state index is 12.1. The molecule has 0 aromatic heterocycles. The Balaban J connectivity index is 1.69. The van der Waals surface area contributed by atoms with Gasteiger partial charge < -0.3 is 15.3 Å². The van der Waals surface area contributed by atoms with Crippen molar-refractivity contribution in [1.29, 1.82) is 0 Å². The minimum Gasteiger partial charge on any atom is -0.388 e. The van der Waals surface area contributed by atoms with Crippen molar-refractivity contribution >= 4 is 5.91 Å². The van der Waals surface area contributed by atoms with Gasteiger partial charge in [-0.3, -0.25) is 4.79 Å². The van der Waals surface area contributed by atoms with Crippen molar-refractivity contribution in [3.8, 4) is 0 Å². The molecule has 1 saturated carbocycles. The lowest BCUT2D eigenvalue weighted by atomic mass is 9.93. The topological polar surface area (TPSA) is 52.6 Å². The fourth-order valence-corrected chi connectivity index (χ4v) is 3.41. The van der Waals surface area contributed by atoms with E-state index in [2.05, 4.69) is 5.32 Å². The summed E-state index contributed by atoms with van der Waals surface area (Å²) < 4.78 is 0. The van der Waals surface area contributed by atoms with E-state index in [1.54, 1.807) is 4.90 Å². The number of likely N-dealkylation sites (N-methyl/N-ethyl adjacent to an activating group) is 1. The van der Waals surface area contributed by atoms with Crippen LogP contribution in [0, 0.1) is 5.92 Å². The maximum Gasteiger partial charge on any atom is 0.222 e. The zero-order chi connectivity index (χ0) is 13.7. The van der Waals surface area contributed by atoms with Crippen molar-refractivity contribution < 1.29 is 9.90 Å². The van der Waals surface area contributed by atoms with E-state index in [4.69, 9.17) is 0 Å². The first-order valence-electron chi connectivity index (χ1n) is 7.76. The molecule has 1 amide bonds. The SMILES string of the molecule is CN(CC1(O)CCCC1)C(=O)CCC1CCNCC1. The molecule has 0 bridgehead atoms. The molecular weight excluding hydrogens is 240 g/mol. The summed E-state index contributed by atoms with van der Waals surface area (Å²) in [6.45, 7) is 2.70. The van der Waals surface area contributed by atoms with Crippen molar-refractivity contribution in [2.45, 2.75) is 57.0 Å². The van der Waals surface area contributed by atoms with E-state index in [1.165, 1.54) is 12.8 Å². The van der Waals surface area contributed by atoms with Gasteiger partial charge in [0.25, 0.3) is 0 Å². The van der Waals surface area contributed by atoms with Crippen LogP contribution in [0.3, 0.4) is 0 Å². The molecule has 0 atom stereocenters. The first-order valence-corrected chi connectivity index (χ1v) is 7.76. The van der Waals surface area contributed by atoms with Gasteiger partial charge >= 0.3 is 0 Å². The third-order valence-corrected chi connectivity index (χ3v) is 4.72. The van der Waals surface area contributed by atoms with Gasteiger partial charge in [0.1, 0.15) is 0 Å². The summed E-state index contributed by atoms with van der Waals surface area (Å²) in [5.74, 6) is 0.895. The number of piperidine rings is 1. The molecule has 0 radical (unpaired) electrons. The van der Waals surface area contributed by atoms with Gasteiger partial charge in [0.15, 0.2) is 0 Å². The third kappa shape index (κ3) is 4.46. The molecule has 4 heteroatoms. The van der Waals surface area contributed by atoms with E-state index in [1.807, 2.05) is 7.05 Å². The highest BCUT2D eigenvalue weighted by Crippen LogP contribution is 2.30. The normalized spacial score (nSPS) is 23.5. The van der Waals surface area contributed by atoms with E-state index in [0.717, 1.165) is 45.2 Å². The number of hydrogen-bond donors (Lipinski definition) is 2. The van der Waals surface area contributed by atoms with E-state index >= 15 is 0 Å². The van der Waals surface area contributed by atoms with Gasteiger partial charge in [-0.15, -0.1) is 0 Å². The van der Waals surface area contributed by atoms with E-state index in [-0.39, 0.29) is 5.91 Å². The molecule has 1 heterocycles. The fraction of sp³-hybridized carbons (Fsp3) is 0.933. The van der Waals surface area contributed by atoms with Crippen LogP contribution in [0.2, 0.25) is 0 Å². The quantitative estimate of drug-likeness (QED) is 0.795. The van der Waals surface area contributed by atoms with Gasteiger partial charge in [0.2, 0.25) is 5.91 Å². The lowest BCUT2D eigenvalue weighted by Gasteiger charge is -2.29. The number of nitrogens with one attached hydrogen (secondary N) is 1. The summed E-state index contributed by atoms with van der Waals surface area (Å²) in [6, 6.07) is 0.